The summed E-state index contributed by atoms with van der Waals surface area (Å²) in [6, 6.07) is 5.76. The first kappa shape index (κ1) is 13.7. The highest BCUT2D eigenvalue weighted by molar-refractivity contribution is 5.85. The topological polar surface area (TPSA) is 80.4 Å². The van der Waals surface area contributed by atoms with E-state index in [1.165, 1.54) is 24.3 Å². The van der Waals surface area contributed by atoms with Gasteiger partial charge in [-0.2, -0.15) is 0 Å². The summed E-state index contributed by atoms with van der Waals surface area (Å²) in [5.41, 5.74) is -0.228. The molecule has 19 heavy (non-hydrogen) atoms. The highest BCUT2D eigenvalue weighted by Gasteiger charge is 2.42. The van der Waals surface area contributed by atoms with Crippen LogP contribution in [0.2, 0.25) is 0 Å². The van der Waals surface area contributed by atoms with E-state index in [0.717, 1.165) is 12.8 Å². The van der Waals surface area contributed by atoms with Gasteiger partial charge in [0.05, 0.1) is 16.4 Å². The SMILES string of the molecule is CC1(C(O)c2ccc([N+](=O)[O-])cc2)CCCCC1=O. The van der Waals surface area contributed by atoms with E-state index in [4.69, 9.17) is 0 Å². The number of carbonyl (C=O) groups excluding carboxylic acids is 1. The second-order valence-electron chi connectivity index (χ2n) is 5.30. The van der Waals surface area contributed by atoms with Gasteiger partial charge in [-0.25, -0.2) is 0 Å². The van der Waals surface area contributed by atoms with Crippen molar-refractivity contribution < 1.29 is 14.8 Å². The first-order valence-electron chi connectivity index (χ1n) is 6.41. The number of aliphatic hydroxyl groups excluding tert-OH is 1. The molecular weight excluding hydrogens is 246 g/mol. The summed E-state index contributed by atoms with van der Waals surface area (Å²) in [5, 5.41) is 21.0. The Kier molecular flexibility index (Phi) is 3.66. The Morgan fingerprint density at radius 1 is 1.32 bits per heavy atom. The molecule has 1 N–H and O–H groups in total. The van der Waals surface area contributed by atoms with Crippen molar-refractivity contribution in [2.45, 2.75) is 38.7 Å². The minimum atomic E-state index is -0.902. The van der Waals surface area contributed by atoms with Crippen LogP contribution < -0.4 is 0 Å². The van der Waals surface area contributed by atoms with E-state index < -0.39 is 16.4 Å². The van der Waals surface area contributed by atoms with Crippen LogP contribution in [0.15, 0.2) is 24.3 Å². The molecule has 5 heteroatoms. The van der Waals surface area contributed by atoms with E-state index in [-0.39, 0.29) is 11.5 Å². The Morgan fingerprint density at radius 3 is 2.47 bits per heavy atom. The molecule has 0 heterocycles. The maximum atomic E-state index is 12.0. The van der Waals surface area contributed by atoms with E-state index in [9.17, 15) is 20.0 Å². The second-order valence-corrected chi connectivity index (χ2v) is 5.30. The van der Waals surface area contributed by atoms with Gasteiger partial charge in [0.2, 0.25) is 0 Å². The molecule has 1 aromatic rings. The molecular formula is C14H17NO4. The zero-order valence-electron chi connectivity index (χ0n) is 10.8. The van der Waals surface area contributed by atoms with Gasteiger partial charge in [0.15, 0.2) is 0 Å². The molecule has 1 saturated carbocycles. The fourth-order valence-corrected chi connectivity index (χ4v) is 2.64. The number of carbonyl (C=O) groups is 1. The van der Waals surface area contributed by atoms with Gasteiger partial charge in [-0.1, -0.05) is 6.42 Å². The van der Waals surface area contributed by atoms with E-state index in [1.807, 2.05) is 0 Å². The highest BCUT2D eigenvalue weighted by atomic mass is 16.6. The van der Waals surface area contributed by atoms with Gasteiger partial charge in [0, 0.05) is 18.6 Å². The average molecular weight is 263 g/mol. The van der Waals surface area contributed by atoms with Crippen LogP contribution in [0.5, 0.6) is 0 Å². The standard InChI is InChI=1S/C14H17NO4/c1-14(9-3-2-4-12(14)16)13(17)10-5-7-11(8-6-10)15(18)19/h5-8,13,17H,2-4,9H2,1H3. The van der Waals surface area contributed by atoms with Crippen molar-refractivity contribution >= 4 is 11.5 Å². The number of Topliss-reactive ketones (excluding diaryl/α,β-unsaturated/α-hetero) is 1. The molecule has 0 radical (unpaired) electrons. The summed E-state index contributed by atoms with van der Waals surface area (Å²) in [4.78, 5) is 22.1. The summed E-state index contributed by atoms with van der Waals surface area (Å²) in [5.74, 6) is 0.0737. The molecule has 1 aromatic carbocycles. The largest absolute Gasteiger partial charge is 0.387 e. The number of non-ortho nitro benzene ring substituents is 1. The van der Waals surface area contributed by atoms with Crippen LogP contribution in [0.25, 0.3) is 0 Å². The van der Waals surface area contributed by atoms with Crippen molar-refractivity contribution in [2.75, 3.05) is 0 Å². The van der Waals surface area contributed by atoms with Gasteiger partial charge < -0.3 is 5.11 Å². The van der Waals surface area contributed by atoms with Gasteiger partial charge >= 0.3 is 0 Å². The van der Waals surface area contributed by atoms with Crippen LogP contribution >= 0.6 is 0 Å². The second kappa shape index (κ2) is 5.09. The lowest BCUT2D eigenvalue weighted by atomic mass is 9.69. The van der Waals surface area contributed by atoms with Crippen molar-refractivity contribution in [2.24, 2.45) is 5.41 Å². The number of aliphatic hydroxyl groups is 1. The fraction of sp³-hybridized carbons (Fsp3) is 0.500. The number of nitrogens with zero attached hydrogens (tertiary/aromatic N) is 1. The maximum absolute atomic E-state index is 12.0. The Bertz CT molecular complexity index is 497. The third-order valence-corrected chi connectivity index (χ3v) is 4.01. The summed E-state index contributed by atoms with van der Waals surface area (Å²) in [7, 11) is 0. The zero-order valence-corrected chi connectivity index (χ0v) is 10.8. The number of nitro benzene ring substituents is 1. The molecule has 2 unspecified atom stereocenters. The third kappa shape index (κ3) is 2.51. The molecule has 0 aromatic heterocycles. The van der Waals surface area contributed by atoms with Gasteiger partial charge in [0.25, 0.3) is 5.69 Å². The van der Waals surface area contributed by atoms with Crippen molar-refractivity contribution in [3.05, 3.63) is 39.9 Å². The van der Waals surface area contributed by atoms with E-state index in [2.05, 4.69) is 0 Å². The van der Waals surface area contributed by atoms with Gasteiger partial charge in [-0.15, -0.1) is 0 Å². The number of benzene rings is 1. The molecule has 0 bridgehead atoms. The molecule has 0 aliphatic heterocycles. The highest BCUT2D eigenvalue weighted by Crippen LogP contribution is 2.43. The number of rotatable bonds is 3. The summed E-state index contributed by atoms with van der Waals surface area (Å²) < 4.78 is 0. The van der Waals surface area contributed by atoms with Crippen molar-refractivity contribution in [1.82, 2.24) is 0 Å². The molecule has 0 spiro atoms. The lowest BCUT2D eigenvalue weighted by Crippen LogP contribution is -2.37. The molecule has 2 atom stereocenters. The van der Waals surface area contributed by atoms with Gasteiger partial charge in [-0.05, 0) is 37.5 Å². The predicted octanol–water partition coefficient (Wildman–Crippen LogP) is 2.78. The number of hydrogen-bond donors (Lipinski definition) is 1. The monoisotopic (exact) mass is 263 g/mol. The van der Waals surface area contributed by atoms with Crippen molar-refractivity contribution in [1.29, 1.82) is 0 Å². The van der Waals surface area contributed by atoms with E-state index >= 15 is 0 Å². The molecule has 1 aliphatic carbocycles. The van der Waals surface area contributed by atoms with E-state index in [0.29, 0.717) is 18.4 Å². The molecule has 0 amide bonds. The number of hydrogen-bond acceptors (Lipinski definition) is 4. The van der Waals surface area contributed by atoms with Crippen molar-refractivity contribution in [3.63, 3.8) is 0 Å². The summed E-state index contributed by atoms with van der Waals surface area (Å²) in [6.45, 7) is 1.78. The van der Waals surface area contributed by atoms with Gasteiger partial charge in [-0.3, -0.25) is 14.9 Å². The molecule has 1 aliphatic rings. The molecule has 1 fully saturated rings. The van der Waals surface area contributed by atoms with Crippen LogP contribution in [0.3, 0.4) is 0 Å². The Labute approximate surface area is 111 Å². The summed E-state index contributed by atoms with van der Waals surface area (Å²) >= 11 is 0. The first-order valence-corrected chi connectivity index (χ1v) is 6.41. The Balaban J connectivity index is 2.25. The minimum Gasteiger partial charge on any atom is -0.387 e. The van der Waals surface area contributed by atoms with Crippen molar-refractivity contribution in [3.8, 4) is 0 Å². The number of nitro groups is 1. The third-order valence-electron chi connectivity index (χ3n) is 4.01. The lowest BCUT2D eigenvalue weighted by Gasteiger charge is -2.36. The minimum absolute atomic E-state index is 0.0175. The number of ketones is 1. The van der Waals surface area contributed by atoms with E-state index in [1.54, 1.807) is 6.92 Å². The smallest absolute Gasteiger partial charge is 0.269 e. The van der Waals surface area contributed by atoms with Crippen LogP contribution in [-0.2, 0) is 4.79 Å². The Hall–Kier alpha value is -1.75. The van der Waals surface area contributed by atoms with Crippen LogP contribution in [0.4, 0.5) is 5.69 Å². The normalized spacial score (nSPS) is 25.1. The predicted molar refractivity (Wildman–Crippen MR) is 69.6 cm³/mol. The molecule has 102 valence electrons. The van der Waals surface area contributed by atoms with Crippen LogP contribution in [-0.4, -0.2) is 15.8 Å². The lowest BCUT2D eigenvalue weighted by molar-refractivity contribution is -0.384. The maximum Gasteiger partial charge on any atom is 0.269 e. The summed E-state index contributed by atoms with van der Waals surface area (Å²) in [6.07, 6.45) is 2.05. The average Bonchev–Trinajstić information content (AvgIpc) is 2.41. The molecule has 2 rings (SSSR count). The zero-order chi connectivity index (χ0) is 14.0. The molecule has 0 saturated heterocycles. The van der Waals surface area contributed by atoms with Crippen LogP contribution in [0, 0.1) is 15.5 Å². The van der Waals surface area contributed by atoms with Gasteiger partial charge in [0.1, 0.15) is 5.78 Å². The quantitative estimate of drug-likeness (QED) is 0.671. The first-order chi connectivity index (χ1) is 8.95. The Morgan fingerprint density at radius 2 is 1.95 bits per heavy atom. The fourth-order valence-electron chi connectivity index (χ4n) is 2.64. The van der Waals surface area contributed by atoms with Crippen LogP contribution in [0.1, 0.15) is 44.3 Å². The molecule has 5 nitrogen and oxygen atoms in total.